The SMILES string of the molecule is COc1cc(C(=O)Nc2ccc(Cl)c([N+](=O)[O-])c2)ncn1. The number of amides is 1. The Kier molecular flexibility index (Phi) is 4.29. The molecule has 1 aromatic heterocycles. The van der Waals surface area contributed by atoms with Gasteiger partial charge >= 0.3 is 0 Å². The molecule has 8 nitrogen and oxygen atoms in total. The molecule has 0 aliphatic heterocycles. The Bertz CT molecular complexity index is 707. The van der Waals surface area contributed by atoms with Gasteiger partial charge in [-0.1, -0.05) is 11.6 Å². The van der Waals surface area contributed by atoms with Crippen LogP contribution in [0.1, 0.15) is 10.5 Å². The Balaban J connectivity index is 2.23. The lowest BCUT2D eigenvalue weighted by Gasteiger charge is -2.06. The number of nitro groups is 1. The molecule has 9 heteroatoms. The van der Waals surface area contributed by atoms with Crippen LogP contribution in [0.5, 0.6) is 5.88 Å². The maximum Gasteiger partial charge on any atom is 0.289 e. The van der Waals surface area contributed by atoms with E-state index < -0.39 is 10.8 Å². The normalized spacial score (nSPS) is 10.0. The van der Waals surface area contributed by atoms with Crippen molar-refractivity contribution in [3.63, 3.8) is 0 Å². The van der Waals surface area contributed by atoms with E-state index in [1.165, 1.54) is 37.7 Å². The molecular formula is C12H9ClN4O4. The first-order valence-corrected chi connectivity index (χ1v) is 6.00. The summed E-state index contributed by atoms with van der Waals surface area (Å²) in [6, 6.07) is 5.29. The standard InChI is InChI=1S/C12H9ClN4O4/c1-21-11-5-9(14-6-15-11)12(18)16-7-2-3-8(13)10(4-7)17(19)20/h2-6H,1H3,(H,16,18). The quantitative estimate of drug-likeness (QED) is 0.686. The smallest absolute Gasteiger partial charge is 0.289 e. The van der Waals surface area contributed by atoms with Gasteiger partial charge in [-0.05, 0) is 12.1 Å². The van der Waals surface area contributed by atoms with Crippen molar-refractivity contribution in [3.8, 4) is 5.88 Å². The minimum absolute atomic E-state index is 0.0123. The number of nitrogens with zero attached hydrogens (tertiary/aromatic N) is 3. The molecule has 108 valence electrons. The molecule has 1 heterocycles. The van der Waals surface area contributed by atoms with Crippen LogP contribution >= 0.6 is 11.6 Å². The fourth-order valence-electron chi connectivity index (χ4n) is 1.50. The van der Waals surface area contributed by atoms with Gasteiger partial charge in [0.15, 0.2) is 0 Å². The van der Waals surface area contributed by atoms with Crippen molar-refractivity contribution in [2.45, 2.75) is 0 Å². The van der Waals surface area contributed by atoms with Crippen molar-refractivity contribution in [3.05, 3.63) is 51.4 Å². The van der Waals surface area contributed by atoms with Crippen LogP contribution in [0.4, 0.5) is 11.4 Å². The highest BCUT2D eigenvalue weighted by Gasteiger charge is 2.15. The summed E-state index contributed by atoms with van der Waals surface area (Å²) in [6.07, 6.45) is 1.18. The zero-order valence-corrected chi connectivity index (χ0v) is 11.5. The minimum Gasteiger partial charge on any atom is -0.481 e. The number of aromatic nitrogens is 2. The van der Waals surface area contributed by atoms with Gasteiger partial charge < -0.3 is 10.1 Å². The summed E-state index contributed by atoms with van der Waals surface area (Å²) in [4.78, 5) is 29.7. The number of rotatable bonds is 4. The lowest BCUT2D eigenvalue weighted by atomic mass is 10.2. The molecule has 0 spiro atoms. The van der Waals surface area contributed by atoms with Gasteiger partial charge in [0.05, 0.1) is 12.0 Å². The second kappa shape index (κ2) is 6.14. The molecule has 0 fully saturated rings. The third-order valence-corrected chi connectivity index (χ3v) is 2.80. The van der Waals surface area contributed by atoms with Gasteiger partial charge in [0.1, 0.15) is 17.0 Å². The van der Waals surface area contributed by atoms with Crippen molar-refractivity contribution < 1.29 is 14.5 Å². The Morgan fingerprint density at radius 2 is 2.14 bits per heavy atom. The first-order chi connectivity index (χ1) is 10.0. The van der Waals surface area contributed by atoms with Crippen LogP contribution in [0.25, 0.3) is 0 Å². The Labute approximate surface area is 123 Å². The van der Waals surface area contributed by atoms with Gasteiger partial charge in [0.2, 0.25) is 5.88 Å². The first kappa shape index (κ1) is 14.7. The molecular weight excluding hydrogens is 300 g/mol. The molecule has 2 rings (SSSR count). The number of nitrogens with one attached hydrogen (secondary N) is 1. The van der Waals surface area contributed by atoms with Gasteiger partial charge in [-0.3, -0.25) is 14.9 Å². The number of benzene rings is 1. The monoisotopic (exact) mass is 308 g/mol. The number of halogens is 1. The fraction of sp³-hybridized carbons (Fsp3) is 0.0833. The third-order valence-electron chi connectivity index (χ3n) is 2.48. The topological polar surface area (TPSA) is 107 Å². The number of hydrogen-bond donors (Lipinski definition) is 1. The zero-order chi connectivity index (χ0) is 15.4. The summed E-state index contributed by atoms with van der Waals surface area (Å²) < 4.78 is 4.88. The predicted molar refractivity (Wildman–Crippen MR) is 74.6 cm³/mol. The van der Waals surface area contributed by atoms with Gasteiger partial charge in [-0.25, -0.2) is 9.97 Å². The van der Waals surface area contributed by atoms with Crippen LogP contribution in [0, 0.1) is 10.1 Å². The third kappa shape index (κ3) is 3.42. The Morgan fingerprint density at radius 1 is 1.38 bits per heavy atom. The van der Waals surface area contributed by atoms with Crippen LogP contribution in [-0.2, 0) is 0 Å². The summed E-state index contributed by atoms with van der Waals surface area (Å²) in [6.45, 7) is 0. The maximum absolute atomic E-state index is 12.0. The summed E-state index contributed by atoms with van der Waals surface area (Å²) in [7, 11) is 1.41. The molecule has 1 aromatic carbocycles. The molecule has 0 aliphatic carbocycles. The number of carbonyl (C=O) groups excluding carboxylic acids is 1. The van der Waals surface area contributed by atoms with E-state index in [4.69, 9.17) is 16.3 Å². The van der Waals surface area contributed by atoms with E-state index in [0.717, 1.165) is 0 Å². The van der Waals surface area contributed by atoms with E-state index in [2.05, 4.69) is 15.3 Å². The number of carbonyl (C=O) groups is 1. The largest absolute Gasteiger partial charge is 0.481 e. The van der Waals surface area contributed by atoms with E-state index in [1.54, 1.807) is 0 Å². The van der Waals surface area contributed by atoms with Crippen LogP contribution in [-0.4, -0.2) is 27.9 Å². The lowest BCUT2D eigenvalue weighted by molar-refractivity contribution is -0.384. The summed E-state index contributed by atoms with van der Waals surface area (Å²) in [5, 5.41) is 13.3. The van der Waals surface area contributed by atoms with Crippen LogP contribution in [0.15, 0.2) is 30.6 Å². The minimum atomic E-state index is -0.633. The van der Waals surface area contributed by atoms with Gasteiger partial charge in [0, 0.05) is 17.8 Å². The van der Waals surface area contributed by atoms with E-state index >= 15 is 0 Å². The van der Waals surface area contributed by atoms with Gasteiger partial charge in [-0.2, -0.15) is 0 Å². The highest BCUT2D eigenvalue weighted by Crippen LogP contribution is 2.27. The molecule has 0 saturated heterocycles. The molecule has 0 radical (unpaired) electrons. The summed E-state index contributed by atoms with van der Waals surface area (Å²) >= 11 is 5.69. The van der Waals surface area contributed by atoms with Crippen molar-refractivity contribution in [2.75, 3.05) is 12.4 Å². The molecule has 21 heavy (non-hydrogen) atoms. The Hall–Kier alpha value is -2.74. The molecule has 0 bridgehead atoms. The van der Waals surface area contributed by atoms with Gasteiger partial charge in [-0.15, -0.1) is 0 Å². The molecule has 1 N–H and O–H groups in total. The van der Waals surface area contributed by atoms with Crippen molar-refractivity contribution in [1.82, 2.24) is 9.97 Å². The first-order valence-electron chi connectivity index (χ1n) is 5.62. The number of methoxy groups -OCH3 is 1. The number of nitro benzene ring substituents is 1. The van der Waals surface area contributed by atoms with Crippen LogP contribution in [0.3, 0.4) is 0 Å². The number of ether oxygens (including phenoxy) is 1. The second-order valence-corrected chi connectivity index (χ2v) is 4.23. The summed E-state index contributed by atoms with van der Waals surface area (Å²) in [5.41, 5.74) is 0.00265. The van der Waals surface area contributed by atoms with E-state index in [0.29, 0.717) is 0 Å². The van der Waals surface area contributed by atoms with E-state index in [-0.39, 0.29) is 28.0 Å². The van der Waals surface area contributed by atoms with Crippen molar-refractivity contribution >= 4 is 28.9 Å². The second-order valence-electron chi connectivity index (χ2n) is 3.82. The van der Waals surface area contributed by atoms with Crippen LogP contribution < -0.4 is 10.1 Å². The molecule has 0 aliphatic rings. The van der Waals surface area contributed by atoms with Crippen molar-refractivity contribution in [1.29, 1.82) is 0 Å². The molecule has 0 saturated carbocycles. The molecule has 1 amide bonds. The maximum atomic E-state index is 12.0. The molecule has 0 unspecified atom stereocenters. The number of hydrogen-bond acceptors (Lipinski definition) is 6. The average molecular weight is 309 g/mol. The van der Waals surface area contributed by atoms with E-state index in [9.17, 15) is 14.9 Å². The molecule has 2 aromatic rings. The van der Waals surface area contributed by atoms with Gasteiger partial charge in [0.25, 0.3) is 11.6 Å². The fourth-order valence-corrected chi connectivity index (χ4v) is 1.69. The van der Waals surface area contributed by atoms with Crippen LogP contribution in [0.2, 0.25) is 5.02 Å². The highest BCUT2D eigenvalue weighted by molar-refractivity contribution is 6.32. The zero-order valence-electron chi connectivity index (χ0n) is 10.7. The van der Waals surface area contributed by atoms with Crippen molar-refractivity contribution in [2.24, 2.45) is 0 Å². The highest BCUT2D eigenvalue weighted by atomic mass is 35.5. The molecule has 0 atom stereocenters. The summed E-state index contributed by atoms with van der Waals surface area (Å²) in [5.74, 6) is -0.315. The Morgan fingerprint density at radius 3 is 2.81 bits per heavy atom. The van der Waals surface area contributed by atoms with E-state index in [1.807, 2.05) is 0 Å². The average Bonchev–Trinajstić information content (AvgIpc) is 2.49. The lowest BCUT2D eigenvalue weighted by Crippen LogP contribution is -2.14. The number of anilines is 1. The predicted octanol–water partition coefficient (Wildman–Crippen LogP) is 2.30.